The SMILES string of the molecule is N#Cc1n[nH]nc1-c1ccc2ccn(-c3cc(F)cc(F)c3)c2c1. The molecule has 0 fully saturated rings. The Kier molecular flexibility index (Phi) is 3.10. The van der Waals surface area contributed by atoms with E-state index in [2.05, 4.69) is 15.4 Å². The lowest BCUT2D eigenvalue weighted by molar-refractivity contribution is 0.582. The van der Waals surface area contributed by atoms with E-state index in [0.29, 0.717) is 16.9 Å². The van der Waals surface area contributed by atoms with Crippen LogP contribution in [0, 0.1) is 23.0 Å². The molecule has 2 aromatic heterocycles. The maximum Gasteiger partial charge on any atom is 0.190 e. The second-order valence-electron chi connectivity index (χ2n) is 5.22. The summed E-state index contributed by atoms with van der Waals surface area (Å²) >= 11 is 0. The van der Waals surface area contributed by atoms with Gasteiger partial charge >= 0.3 is 0 Å². The monoisotopic (exact) mass is 321 g/mol. The number of halogens is 2. The lowest BCUT2D eigenvalue weighted by Crippen LogP contribution is -1.95. The summed E-state index contributed by atoms with van der Waals surface area (Å²) in [7, 11) is 0. The molecule has 1 N–H and O–H groups in total. The van der Waals surface area contributed by atoms with Gasteiger partial charge in [-0.05, 0) is 29.7 Å². The van der Waals surface area contributed by atoms with E-state index in [-0.39, 0.29) is 5.69 Å². The van der Waals surface area contributed by atoms with E-state index < -0.39 is 11.6 Å². The first-order valence-electron chi connectivity index (χ1n) is 7.04. The molecule has 2 aromatic carbocycles. The smallest absolute Gasteiger partial charge is 0.190 e. The number of nitriles is 1. The van der Waals surface area contributed by atoms with Gasteiger partial charge in [0.25, 0.3) is 0 Å². The molecular formula is C17H9F2N5. The third kappa shape index (κ3) is 2.21. The Balaban J connectivity index is 1.92. The molecule has 0 atom stereocenters. The van der Waals surface area contributed by atoms with Crippen molar-refractivity contribution in [2.75, 3.05) is 0 Å². The minimum absolute atomic E-state index is 0.184. The summed E-state index contributed by atoms with van der Waals surface area (Å²) in [6, 6.07) is 12.6. The van der Waals surface area contributed by atoms with Gasteiger partial charge in [-0.2, -0.15) is 15.6 Å². The highest BCUT2D eigenvalue weighted by molar-refractivity contribution is 5.86. The van der Waals surface area contributed by atoms with Crippen molar-refractivity contribution in [2.24, 2.45) is 0 Å². The van der Waals surface area contributed by atoms with Crippen LogP contribution in [0.15, 0.2) is 48.7 Å². The van der Waals surface area contributed by atoms with Crippen LogP contribution in [-0.4, -0.2) is 20.0 Å². The quantitative estimate of drug-likeness (QED) is 0.613. The third-order valence-corrected chi connectivity index (χ3v) is 3.75. The third-order valence-electron chi connectivity index (χ3n) is 3.75. The van der Waals surface area contributed by atoms with Crippen LogP contribution in [0.3, 0.4) is 0 Å². The van der Waals surface area contributed by atoms with E-state index in [4.69, 9.17) is 5.26 Å². The molecule has 4 rings (SSSR count). The molecule has 0 amide bonds. The highest BCUT2D eigenvalue weighted by atomic mass is 19.1. The first-order valence-corrected chi connectivity index (χ1v) is 7.04. The van der Waals surface area contributed by atoms with Crippen LogP contribution < -0.4 is 0 Å². The average Bonchev–Trinajstić information content (AvgIpc) is 3.19. The molecule has 0 saturated heterocycles. The van der Waals surface area contributed by atoms with Crippen molar-refractivity contribution in [3.8, 4) is 23.0 Å². The Morgan fingerprint density at radius 3 is 2.54 bits per heavy atom. The molecule has 0 bridgehead atoms. The van der Waals surface area contributed by atoms with Crippen molar-refractivity contribution in [1.82, 2.24) is 20.0 Å². The Morgan fingerprint density at radius 1 is 1.00 bits per heavy atom. The second kappa shape index (κ2) is 5.28. The highest BCUT2D eigenvalue weighted by Gasteiger charge is 2.12. The maximum atomic E-state index is 13.5. The van der Waals surface area contributed by atoms with Crippen molar-refractivity contribution >= 4 is 10.9 Å². The van der Waals surface area contributed by atoms with Gasteiger partial charge < -0.3 is 4.57 Å². The van der Waals surface area contributed by atoms with Crippen molar-refractivity contribution in [3.63, 3.8) is 0 Å². The van der Waals surface area contributed by atoms with Gasteiger partial charge in [-0.1, -0.05) is 12.1 Å². The van der Waals surface area contributed by atoms with Gasteiger partial charge in [0, 0.05) is 17.8 Å². The molecule has 7 heteroatoms. The summed E-state index contributed by atoms with van der Waals surface area (Å²) in [6.45, 7) is 0. The Morgan fingerprint density at radius 2 is 1.79 bits per heavy atom. The number of aromatic nitrogens is 4. The molecule has 0 aliphatic rings. The number of hydrogen-bond acceptors (Lipinski definition) is 3. The highest BCUT2D eigenvalue weighted by Crippen LogP contribution is 2.27. The van der Waals surface area contributed by atoms with Gasteiger partial charge in [-0.15, -0.1) is 5.10 Å². The number of benzene rings is 2. The predicted molar refractivity (Wildman–Crippen MR) is 83.3 cm³/mol. The molecule has 0 aliphatic carbocycles. The van der Waals surface area contributed by atoms with E-state index >= 15 is 0 Å². The number of nitrogens with one attached hydrogen (secondary N) is 1. The Hall–Kier alpha value is -3.53. The van der Waals surface area contributed by atoms with Gasteiger partial charge in [0.05, 0.1) is 11.2 Å². The van der Waals surface area contributed by atoms with Crippen LogP contribution >= 0.6 is 0 Å². The van der Waals surface area contributed by atoms with Crippen LogP contribution in [0.5, 0.6) is 0 Å². The minimum atomic E-state index is -0.647. The lowest BCUT2D eigenvalue weighted by atomic mass is 10.1. The minimum Gasteiger partial charge on any atom is -0.316 e. The molecule has 0 saturated carbocycles. The molecule has 4 aromatic rings. The van der Waals surface area contributed by atoms with Crippen molar-refractivity contribution in [2.45, 2.75) is 0 Å². The molecule has 2 heterocycles. The van der Waals surface area contributed by atoms with Crippen molar-refractivity contribution in [3.05, 3.63) is 66.0 Å². The molecule has 5 nitrogen and oxygen atoms in total. The molecule has 0 aliphatic heterocycles. The standard InChI is InChI=1S/C17H9F2N5/c18-12-6-13(19)8-14(7-12)24-4-3-10-1-2-11(5-16(10)24)17-15(9-20)21-23-22-17/h1-8H,(H,21,22,23). The van der Waals surface area contributed by atoms with Gasteiger partial charge in [0.1, 0.15) is 23.4 Å². The zero-order valence-corrected chi connectivity index (χ0v) is 12.2. The normalized spacial score (nSPS) is 10.9. The second-order valence-corrected chi connectivity index (χ2v) is 5.22. The number of fused-ring (bicyclic) bond motifs is 1. The fourth-order valence-corrected chi connectivity index (χ4v) is 2.69. The zero-order chi connectivity index (χ0) is 16.7. The summed E-state index contributed by atoms with van der Waals surface area (Å²) in [4.78, 5) is 0. The first kappa shape index (κ1) is 14.1. The summed E-state index contributed by atoms with van der Waals surface area (Å²) in [5.41, 5.74) is 2.41. The fourth-order valence-electron chi connectivity index (χ4n) is 2.69. The number of H-pyrrole nitrogens is 1. The van der Waals surface area contributed by atoms with E-state index in [1.165, 1.54) is 12.1 Å². The molecule has 116 valence electrons. The average molecular weight is 321 g/mol. The summed E-state index contributed by atoms with van der Waals surface area (Å²) in [5, 5.41) is 20.2. The van der Waals surface area contributed by atoms with Crippen LogP contribution in [0.4, 0.5) is 8.78 Å². The molecular weight excluding hydrogens is 312 g/mol. The summed E-state index contributed by atoms with van der Waals surface area (Å²) < 4.78 is 28.7. The van der Waals surface area contributed by atoms with Crippen molar-refractivity contribution in [1.29, 1.82) is 5.26 Å². The molecule has 0 spiro atoms. The predicted octanol–water partition coefficient (Wildman–Crippen LogP) is 3.57. The Bertz CT molecular complexity index is 1080. The largest absolute Gasteiger partial charge is 0.316 e. The number of rotatable bonds is 2. The number of nitrogens with zero attached hydrogens (tertiary/aromatic N) is 4. The molecule has 24 heavy (non-hydrogen) atoms. The van der Waals surface area contributed by atoms with Crippen LogP contribution in [0.25, 0.3) is 27.8 Å². The van der Waals surface area contributed by atoms with E-state index in [9.17, 15) is 8.78 Å². The van der Waals surface area contributed by atoms with E-state index in [1.807, 2.05) is 24.3 Å². The fraction of sp³-hybridized carbons (Fsp3) is 0. The van der Waals surface area contributed by atoms with E-state index in [0.717, 1.165) is 17.0 Å². The van der Waals surface area contributed by atoms with Gasteiger partial charge in [0.2, 0.25) is 0 Å². The van der Waals surface area contributed by atoms with Crippen molar-refractivity contribution < 1.29 is 8.78 Å². The topological polar surface area (TPSA) is 70.3 Å². The van der Waals surface area contributed by atoms with Gasteiger partial charge in [-0.3, -0.25) is 0 Å². The summed E-state index contributed by atoms with van der Waals surface area (Å²) in [6.07, 6.45) is 1.73. The zero-order valence-electron chi connectivity index (χ0n) is 12.2. The summed E-state index contributed by atoms with van der Waals surface area (Å²) in [5.74, 6) is -1.29. The molecule has 0 radical (unpaired) electrons. The van der Waals surface area contributed by atoms with Crippen LogP contribution in [0.2, 0.25) is 0 Å². The van der Waals surface area contributed by atoms with Crippen LogP contribution in [0.1, 0.15) is 5.69 Å². The van der Waals surface area contributed by atoms with Crippen LogP contribution in [-0.2, 0) is 0 Å². The first-order chi connectivity index (χ1) is 11.7. The lowest BCUT2D eigenvalue weighted by Gasteiger charge is -2.07. The molecule has 0 unspecified atom stereocenters. The number of hydrogen-bond donors (Lipinski definition) is 1. The Labute approximate surface area is 134 Å². The number of aromatic amines is 1. The van der Waals surface area contributed by atoms with E-state index in [1.54, 1.807) is 16.8 Å². The maximum absolute atomic E-state index is 13.5. The van der Waals surface area contributed by atoms with Gasteiger partial charge in [0.15, 0.2) is 5.69 Å². The van der Waals surface area contributed by atoms with Gasteiger partial charge in [-0.25, -0.2) is 8.78 Å².